The van der Waals surface area contributed by atoms with Gasteiger partial charge in [0.15, 0.2) is 13.2 Å². The maximum absolute atomic E-state index is 12.7. The summed E-state index contributed by atoms with van der Waals surface area (Å²) >= 11 is 13.6. The molecule has 0 unspecified atom stereocenters. The molecule has 0 aliphatic carbocycles. The van der Waals surface area contributed by atoms with Gasteiger partial charge in [0.2, 0.25) is 5.95 Å². The van der Waals surface area contributed by atoms with Gasteiger partial charge in [0.05, 0.1) is 39.8 Å². The monoisotopic (exact) mass is 1180 g/mol. The number of benzene rings is 4. The molecule has 72 heavy (non-hydrogen) atoms. The third-order valence-electron chi connectivity index (χ3n) is 8.35. The van der Waals surface area contributed by atoms with E-state index in [0.29, 0.717) is 25.9 Å². The Hall–Kier alpha value is -7.70. The Bertz CT molecular complexity index is 3160. The lowest BCUT2D eigenvalue weighted by Gasteiger charge is -2.12. The Morgan fingerprint density at radius 2 is 1.58 bits per heavy atom. The van der Waals surface area contributed by atoms with Gasteiger partial charge in [-0.25, -0.2) is 37.1 Å². The average Bonchev–Trinajstić information content (AvgIpc) is 3.30. The number of nitro groups is 1. The molecule has 4 aromatic carbocycles. The fourth-order valence-corrected chi connectivity index (χ4v) is 7.63. The molecule has 0 bridgehead atoms. The quantitative estimate of drug-likeness (QED) is 0.0326. The second-order valence-electron chi connectivity index (χ2n) is 13.4. The molecule has 0 saturated carbocycles. The Morgan fingerprint density at radius 3 is 2.21 bits per heavy atom. The molecule has 0 aliphatic rings. The SMILES string of the molecule is CCOC(=O)COC(=O)c1cc(Oc2ccc(C(F)(F)F)cc2Cl)ccc1[N+](=O)[O-].COc1nc(C)nc(NC(=O)NS(=O)(=O)c2cc(I)ccc2C(=O)O)n1.O=C(O)COc1ccc(Cl)c2cccnc12. The van der Waals surface area contributed by atoms with Crippen molar-refractivity contribution < 1.29 is 84.4 Å². The number of aryl methyl sites for hydroxylation is 1. The highest BCUT2D eigenvalue weighted by Gasteiger charge is 2.31. The summed E-state index contributed by atoms with van der Waals surface area (Å²) in [5.74, 6) is -4.41. The average molecular weight is 1180 g/mol. The van der Waals surface area contributed by atoms with E-state index in [1.165, 1.54) is 27.0 Å². The van der Waals surface area contributed by atoms with Crippen LogP contribution in [0.15, 0.2) is 90.0 Å². The van der Waals surface area contributed by atoms with Crippen LogP contribution in [0.3, 0.4) is 0 Å². The maximum Gasteiger partial charge on any atom is 0.416 e. The van der Waals surface area contributed by atoms with Crippen LogP contribution in [0.5, 0.6) is 23.3 Å². The first-order valence-corrected chi connectivity index (χ1v) is 22.8. The Balaban J connectivity index is 0.000000244. The fourth-order valence-electron chi connectivity index (χ4n) is 5.36. The number of urea groups is 1. The molecule has 30 heteroatoms. The van der Waals surface area contributed by atoms with Gasteiger partial charge in [-0.05, 0) is 103 Å². The number of aromatic carboxylic acids is 1. The number of hydrogen-bond acceptors (Lipinski definition) is 18. The second kappa shape index (κ2) is 25.4. The van der Waals surface area contributed by atoms with E-state index in [0.717, 1.165) is 47.9 Å². The van der Waals surface area contributed by atoms with Crippen molar-refractivity contribution in [1.29, 1.82) is 0 Å². The largest absolute Gasteiger partial charge is 0.480 e. The number of halogens is 6. The predicted molar refractivity (Wildman–Crippen MR) is 253 cm³/mol. The van der Waals surface area contributed by atoms with Gasteiger partial charge in [0, 0.05) is 27.3 Å². The van der Waals surface area contributed by atoms with Crippen LogP contribution in [0.25, 0.3) is 10.9 Å². The van der Waals surface area contributed by atoms with Crippen molar-refractivity contribution in [2.75, 3.05) is 32.2 Å². The number of carbonyl (C=O) groups is 5. The number of nitrogens with zero attached hydrogens (tertiary/aromatic N) is 5. The molecule has 2 heterocycles. The molecule has 0 saturated heterocycles. The van der Waals surface area contributed by atoms with Gasteiger partial charge in [-0.15, -0.1) is 0 Å². The molecule has 0 atom stereocenters. The topological polar surface area (TPSA) is 325 Å². The number of methoxy groups -OCH3 is 1. The first kappa shape index (κ1) is 56.9. The Morgan fingerprint density at radius 1 is 0.875 bits per heavy atom. The van der Waals surface area contributed by atoms with Gasteiger partial charge in [-0.1, -0.05) is 23.2 Å². The van der Waals surface area contributed by atoms with Gasteiger partial charge in [0.1, 0.15) is 39.0 Å². The number of nitrogens with one attached hydrogen (secondary N) is 2. The number of anilines is 1. The first-order chi connectivity index (χ1) is 33.8. The van der Waals surface area contributed by atoms with Gasteiger partial charge in [-0.2, -0.15) is 28.1 Å². The Labute approximate surface area is 426 Å². The highest BCUT2D eigenvalue weighted by Crippen LogP contribution is 2.37. The van der Waals surface area contributed by atoms with Crippen LogP contribution in [-0.4, -0.2) is 100 Å². The number of nitro benzene ring substituents is 1. The van der Waals surface area contributed by atoms with Gasteiger partial charge < -0.3 is 33.9 Å². The van der Waals surface area contributed by atoms with E-state index in [9.17, 15) is 55.7 Å². The highest BCUT2D eigenvalue weighted by atomic mass is 127. The number of aliphatic carboxylic acids is 1. The molecule has 6 rings (SSSR count). The number of rotatable bonds is 15. The van der Waals surface area contributed by atoms with Crippen LogP contribution in [0.4, 0.5) is 29.6 Å². The van der Waals surface area contributed by atoms with Crippen LogP contribution in [0, 0.1) is 20.6 Å². The number of carboxylic acids is 2. The molecule has 23 nitrogen and oxygen atoms in total. The molecule has 0 aliphatic heterocycles. The van der Waals surface area contributed by atoms with Gasteiger partial charge in [0.25, 0.3) is 15.7 Å². The zero-order chi connectivity index (χ0) is 53.5. The summed E-state index contributed by atoms with van der Waals surface area (Å²) in [5.41, 5.74) is -2.06. The van der Waals surface area contributed by atoms with Crippen LogP contribution in [-0.2, 0) is 35.3 Å². The number of esters is 2. The molecular formula is C42H33Cl2F3IN7O16S. The van der Waals surface area contributed by atoms with Crippen molar-refractivity contribution in [2.45, 2.75) is 24.9 Å². The van der Waals surface area contributed by atoms with Crippen LogP contribution in [0.2, 0.25) is 10.0 Å². The normalized spacial score (nSPS) is 10.8. The van der Waals surface area contributed by atoms with E-state index in [2.05, 4.69) is 30.0 Å². The van der Waals surface area contributed by atoms with Crippen molar-refractivity contribution in [3.8, 4) is 23.3 Å². The van der Waals surface area contributed by atoms with Crippen molar-refractivity contribution in [1.82, 2.24) is 24.7 Å². The van der Waals surface area contributed by atoms with E-state index < -0.39 is 91.5 Å². The third kappa shape index (κ3) is 16.4. The molecule has 0 radical (unpaired) electrons. The number of ether oxygens (including phenoxy) is 5. The highest BCUT2D eigenvalue weighted by molar-refractivity contribution is 14.1. The van der Waals surface area contributed by atoms with Crippen molar-refractivity contribution in [2.24, 2.45) is 0 Å². The molecule has 380 valence electrons. The molecule has 2 aromatic heterocycles. The maximum atomic E-state index is 12.7. The number of fused-ring (bicyclic) bond motifs is 1. The number of carbonyl (C=O) groups excluding carboxylic acids is 3. The predicted octanol–water partition coefficient (Wildman–Crippen LogP) is 8.13. The van der Waals surface area contributed by atoms with Crippen molar-refractivity contribution >= 4 is 108 Å². The lowest BCUT2D eigenvalue weighted by molar-refractivity contribution is -0.385. The minimum Gasteiger partial charge on any atom is -0.480 e. The summed E-state index contributed by atoms with van der Waals surface area (Å²) in [5, 5.41) is 31.9. The number of hydrogen-bond donors (Lipinski definition) is 4. The zero-order valence-electron chi connectivity index (χ0n) is 36.7. The van der Waals surface area contributed by atoms with E-state index >= 15 is 0 Å². The van der Waals surface area contributed by atoms with E-state index in [1.54, 1.807) is 35.2 Å². The molecule has 6 aromatic rings. The smallest absolute Gasteiger partial charge is 0.416 e. The lowest BCUT2D eigenvalue weighted by atomic mass is 10.1. The molecule has 0 fully saturated rings. The van der Waals surface area contributed by atoms with E-state index in [-0.39, 0.29) is 40.9 Å². The van der Waals surface area contributed by atoms with Crippen LogP contribution >= 0.6 is 45.8 Å². The summed E-state index contributed by atoms with van der Waals surface area (Å²) in [6.45, 7) is 1.95. The lowest BCUT2D eigenvalue weighted by Crippen LogP contribution is -2.35. The van der Waals surface area contributed by atoms with Crippen molar-refractivity contribution in [3.05, 3.63) is 131 Å². The van der Waals surface area contributed by atoms with E-state index in [1.807, 2.05) is 22.6 Å². The number of sulfonamides is 1. The minimum absolute atomic E-state index is 0.0493. The van der Waals surface area contributed by atoms with Gasteiger partial charge in [-0.3, -0.25) is 20.4 Å². The summed E-state index contributed by atoms with van der Waals surface area (Å²) in [7, 11) is -3.14. The molecule has 2 amide bonds. The number of pyridine rings is 1. The van der Waals surface area contributed by atoms with Crippen LogP contribution < -0.4 is 24.2 Å². The summed E-state index contributed by atoms with van der Waals surface area (Å²) < 4.78 is 89.7. The second-order valence-corrected chi connectivity index (χ2v) is 17.1. The first-order valence-electron chi connectivity index (χ1n) is 19.5. The summed E-state index contributed by atoms with van der Waals surface area (Å²) in [4.78, 5) is 82.3. The number of alkyl halides is 3. The van der Waals surface area contributed by atoms with Gasteiger partial charge >= 0.3 is 42.1 Å². The molecule has 0 spiro atoms. The fraction of sp³-hybridized carbons (Fsp3) is 0.167. The number of aromatic nitrogens is 4. The number of amides is 2. The minimum atomic E-state index is -4.61. The molecule has 4 N–H and O–H groups in total. The summed E-state index contributed by atoms with van der Waals surface area (Å²) in [6.07, 6.45) is -3.00. The number of carboxylic acid groups (broad SMARTS) is 2. The van der Waals surface area contributed by atoms with Crippen LogP contribution in [0.1, 0.15) is 39.0 Å². The molecular weight excluding hydrogens is 1150 g/mol. The van der Waals surface area contributed by atoms with E-state index in [4.69, 9.17) is 52.4 Å². The van der Waals surface area contributed by atoms with Crippen molar-refractivity contribution in [3.63, 3.8) is 0 Å². The summed E-state index contributed by atoms with van der Waals surface area (Å²) in [6, 6.07) is 14.6. The standard InChI is InChI=1S/C18H13ClF3NO7.C13H12IN5O6S.C11H8ClNO3/c1-2-28-16(24)9-29-17(25)12-8-11(4-5-14(12)23(26)27)30-15-6-3-10(7-13(15)19)18(20,21)22;1-6-15-11(18-13(16-6)25-2)17-12(22)19-26(23,24)9-5-7(14)3-4-8(9)10(20)21;12-8-3-4-9(16-6-10(14)15)11-7(8)2-1-5-13-11/h3-8H,2,9H2,1H3;3-5H,1-2H3,(H,20,21)(H2,15,16,17,18,19,22);1-5H,6H2,(H,14,15). The third-order valence-corrected chi connectivity index (χ3v) is 11.0. The Kier molecular flexibility index (Phi) is 20.1. The zero-order valence-corrected chi connectivity index (χ0v) is 41.2.